The highest BCUT2D eigenvalue weighted by molar-refractivity contribution is 7.89. The number of amides is 1. The summed E-state index contributed by atoms with van der Waals surface area (Å²) in [5, 5.41) is 5.12. The van der Waals surface area contributed by atoms with Crippen molar-refractivity contribution in [2.75, 3.05) is 7.05 Å². The van der Waals surface area contributed by atoms with Crippen LogP contribution in [-0.2, 0) is 14.8 Å². The summed E-state index contributed by atoms with van der Waals surface area (Å²) in [5.41, 5.74) is 0.705. The van der Waals surface area contributed by atoms with Gasteiger partial charge in [0.2, 0.25) is 15.9 Å². The number of carbonyl (C=O) groups excluding carboxylic acids is 1. The molecule has 0 spiro atoms. The number of carbonyl (C=O) groups is 1. The van der Waals surface area contributed by atoms with Crippen LogP contribution in [0.5, 0.6) is 0 Å². The molecule has 21 heavy (non-hydrogen) atoms. The van der Waals surface area contributed by atoms with Crippen molar-refractivity contribution in [2.24, 2.45) is 5.14 Å². The zero-order valence-corrected chi connectivity index (χ0v) is 13.2. The third kappa shape index (κ3) is 4.84. The highest BCUT2D eigenvalue weighted by Crippen LogP contribution is 2.21. The Morgan fingerprint density at radius 2 is 2.00 bits per heavy atom. The molecule has 0 aliphatic heterocycles. The van der Waals surface area contributed by atoms with E-state index in [0.29, 0.717) is 5.56 Å². The van der Waals surface area contributed by atoms with Gasteiger partial charge in [-0.2, -0.15) is 0 Å². The van der Waals surface area contributed by atoms with Crippen molar-refractivity contribution in [3.8, 4) is 0 Å². The predicted octanol–water partition coefficient (Wildman–Crippen LogP) is 1.99. The number of nitrogens with two attached hydrogens (primary N) is 1. The van der Waals surface area contributed by atoms with E-state index in [2.05, 4.69) is 0 Å². The Labute approximate surface area is 125 Å². The lowest BCUT2D eigenvalue weighted by atomic mass is 10.1. The molecule has 1 aromatic rings. The smallest absolute Gasteiger partial charge is 0.246 e. The largest absolute Gasteiger partial charge is 0.335 e. The van der Waals surface area contributed by atoms with E-state index < -0.39 is 10.0 Å². The first kappa shape index (κ1) is 17.1. The number of sulfonamides is 1. The van der Waals surface area contributed by atoms with E-state index in [0.717, 1.165) is 0 Å². The van der Waals surface area contributed by atoms with Crippen LogP contribution in [0.3, 0.4) is 0 Å². The van der Waals surface area contributed by atoms with E-state index in [-0.39, 0.29) is 16.8 Å². The molecule has 0 radical (unpaired) electrons. The summed E-state index contributed by atoms with van der Waals surface area (Å²) in [5.74, 6) is -0.165. The highest BCUT2D eigenvalue weighted by atomic mass is 32.2. The fourth-order valence-electron chi connectivity index (χ4n) is 1.73. The molecule has 1 aromatic carbocycles. The molecule has 2 N–H and O–H groups in total. The lowest BCUT2D eigenvalue weighted by Gasteiger charge is -2.24. The zero-order valence-electron chi connectivity index (χ0n) is 12.4. The van der Waals surface area contributed by atoms with Crippen LogP contribution >= 0.6 is 0 Å². The van der Waals surface area contributed by atoms with Crippen LogP contribution < -0.4 is 5.14 Å². The van der Waals surface area contributed by atoms with Gasteiger partial charge in [0, 0.05) is 13.1 Å². The van der Waals surface area contributed by atoms with Gasteiger partial charge in [0.25, 0.3) is 0 Å². The molecule has 0 saturated carbocycles. The summed E-state index contributed by atoms with van der Waals surface area (Å²) in [4.78, 5) is 13.5. The maximum atomic E-state index is 12.0. The monoisotopic (exact) mass is 308 g/mol. The maximum absolute atomic E-state index is 12.0. The minimum absolute atomic E-state index is 0.0390. The molecule has 0 bridgehead atoms. The van der Waals surface area contributed by atoms with Crippen LogP contribution in [-0.4, -0.2) is 26.3 Å². The number of benzene rings is 1. The average molecular weight is 308 g/mol. The topological polar surface area (TPSA) is 80.5 Å². The number of hydrogen-bond acceptors (Lipinski definition) is 3. The normalized spacial score (nSPS) is 13.7. The molecule has 0 fully saturated rings. The van der Waals surface area contributed by atoms with Gasteiger partial charge in [-0.1, -0.05) is 30.4 Å². The van der Waals surface area contributed by atoms with Crippen LogP contribution in [0.1, 0.15) is 25.5 Å². The molecule has 6 heteroatoms. The number of allylic oxidation sites excluding steroid dienone is 3. The van der Waals surface area contributed by atoms with E-state index in [1.54, 1.807) is 31.3 Å². The average Bonchev–Trinajstić information content (AvgIpc) is 2.45. The van der Waals surface area contributed by atoms with Crippen molar-refractivity contribution >= 4 is 15.9 Å². The Kier molecular flexibility index (Phi) is 5.87. The molecule has 114 valence electrons. The van der Waals surface area contributed by atoms with Crippen molar-refractivity contribution in [3.05, 3.63) is 54.1 Å². The Hall–Kier alpha value is -1.92. The van der Waals surface area contributed by atoms with Gasteiger partial charge in [-0.15, -0.1) is 0 Å². The van der Waals surface area contributed by atoms with Gasteiger partial charge in [0.1, 0.15) is 0 Å². The predicted molar refractivity (Wildman–Crippen MR) is 83.0 cm³/mol. The third-order valence-electron chi connectivity index (χ3n) is 3.14. The van der Waals surface area contributed by atoms with Crippen molar-refractivity contribution in [1.29, 1.82) is 0 Å². The minimum Gasteiger partial charge on any atom is -0.335 e. The van der Waals surface area contributed by atoms with Gasteiger partial charge >= 0.3 is 0 Å². The third-order valence-corrected chi connectivity index (χ3v) is 4.05. The van der Waals surface area contributed by atoms with E-state index in [9.17, 15) is 13.2 Å². The SMILES string of the molecule is C/C=C/C=C/C(=O)N(C)C(C)c1cccc(S(N)(=O)=O)c1. The second kappa shape index (κ2) is 7.19. The van der Waals surface area contributed by atoms with Crippen LogP contribution in [0.4, 0.5) is 0 Å². The fourth-order valence-corrected chi connectivity index (χ4v) is 2.30. The van der Waals surface area contributed by atoms with Gasteiger partial charge in [-0.25, -0.2) is 13.6 Å². The van der Waals surface area contributed by atoms with Gasteiger partial charge in [0.15, 0.2) is 0 Å². The quantitative estimate of drug-likeness (QED) is 0.667. The lowest BCUT2D eigenvalue weighted by molar-refractivity contribution is -0.126. The molecule has 1 unspecified atom stereocenters. The standard InChI is InChI=1S/C15H20N2O3S/c1-4-5-6-10-15(18)17(3)12(2)13-8-7-9-14(11-13)21(16,19)20/h4-12H,1-3H3,(H2,16,19,20)/b5-4+,10-6+. The van der Waals surface area contributed by atoms with Crippen LogP contribution in [0.25, 0.3) is 0 Å². The molecule has 1 rings (SSSR count). The number of primary sulfonamides is 1. The summed E-state index contributed by atoms with van der Waals surface area (Å²) in [6, 6.07) is 6.02. The van der Waals surface area contributed by atoms with Crippen molar-refractivity contribution in [3.63, 3.8) is 0 Å². The van der Waals surface area contributed by atoms with E-state index in [1.807, 2.05) is 19.9 Å². The zero-order chi connectivity index (χ0) is 16.0. The van der Waals surface area contributed by atoms with Gasteiger partial charge < -0.3 is 4.90 Å². The van der Waals surface area contributed by atoms with Crippen molar-refractivity contribution in [2.45, 2.75) is 24.8 Å². The minimum atomic E-state index is -3.75. The molecule has 0 aliphatic carbocycles. The molecular formula is C15H20N2O3S. The first-order chi connectivity index (χ1) is 9.77. The number of hydrogen-bond donors (Lipinski definition) is 1. The summed E-state index contributed by atoms with van der Waals surface area (Å²) in [6.45, 7) is 3.68. The maximum Gasteiger partial charge on any atom is 0.246 e. The van der Waals surface area contributed by atoms with Gasteiger partial charge in [-0.3, -0.25) is 4.79 Å². The molecule has 0 aromatic heterocycles. The van der Waals surface area contributed by atoms with Crippen molar-refractivity contribution < 1.29 is 13.2 Å². The van der Waals surface area contributed by atoms with Crippen LogP contribution in [0.15, 0.2) is 53.5 Å². The highest BCUT2D eigenvalue weighted by Gasteiger charge is 2.17. The fraction of sp³-hybridized carbons (Fsp3) is 0.267. The Bertz CT molecular complexity index is 663. The van der Waals surface area contributed by atoms with Crippen LogP contribution in [0, 0.1) is 0 Å². The summed E-state index contributed by atoms with van der Waals surface area (Å²) in [7, 11) is -2.09. The second-order valence-electron chi connectivity index (χ2n) is 4.63. The summed E-state index contributed by atoms with van der Waals surface area (Å²) in [6.07, 6.45) is 6.70. The Morgan fingerprint density at radius 1 is 1.33 bits per heavy atom. The summed E-state index contributed by atoms with van der Waals surface area (Å²) < 4.78 is 22.7. The van der Waals surface area contributed by atoms with Crippen molar-refractivity contribution in [1.82, 2.24) is 4.90 Å². The van der Waals surface area contributed by atoms with E-state index in [1.165, 1.54) is 23.1 Å². The van der Waals surface area contributed by atoms with E-state index >= 15 is 0 Å². The molecular weight excluding hydrogens is 288 g/mol. The summed E-state index contributed by atoms with van der Waals surface area (Å²) >= 11 is 0. The lowest BCUT2D eigenvalue weighted by Crippen LogP contribution is -2.28. The first-order valence-electron chi connectivity index (χ1n) is 6.46. The molecule has 5 nitrogen and oxygen atoms in total. The number of nitrogens with zero attached hydrogens (tertiary/aromatic N) is 1. The molecule has 0 aliphatic rings. The first-order valence-corrected chi connectivity index (χ1v) is 8.01. The molecule has 1 amide bonds. The van der Waals surface area contributed by atoms with Gasteiger partial charge in [-0.05, 0) is 31.5 Å². The number of likely N-dealkylation sites (N-methyl/N-ethyl adjacent to an activating group) is 1. The Morgan fingerprint density at radius 3 is 2.57 bits per heavy atom. The van der Waals surface area contributed by atoms with Gasteiger partial charge in [0.05, 0.1) is 10.9 Å². The van der Waals surface area contributed by atoms with E-state index in [4.69, 9.17) is 5.14 Å². The van der Waals surface area contributed by atoms with Crippen LogP contribution in [0.2, 0.25) is 0 Å². The molecule has 0 heterocycles. The Balaban J connectivity index is 2.98. The number of rotatable bonds is 5. The second-order valence-corrected chi connectivity index (χ2v) is 6.19. The molecule has 0 saturated heterocycles. The molecule has 1 atom stereocenters.